The Bertz CT molecular complexity index is 720. The normalized spacial score (nSPS) is 13.0. The number of esters is 1. The summed E-state index contributed by atoms with van der Waals surface area (Å²) in [6, 6.07) is 15.0. The highest BCUT2D eigenvalue weighted by molar-refractivity contribution is 6.30. The first-order chi connectivity index (χ1) is 13.0. The Hall–Kier alpha value is -2.08. The Balaban J connectivity index is 1.76. The molecule has 0 heterocycles. The van der Waals surface area contributed by atoms with Crippen LogP contribution in [-0.2, 0) is 16.0 Å². The molecule has 2 aromatic carbocycles. The highest BCUT2D eigenvalue weighted by Gasteiger charge is 2.11. The van der Waals surface area contributed by atoms with Gasteiger partial charge in [-0.05, 0) is 55.7 Å². The summed E-state index contributed by atoms with van der Waals surface area (Å²) in [5.41, 5.74) is 1.93. The van der Waals surface area contributed by atoms with E-state index < -0.39 is 6.10 Å². The number of nitrogens with one attached hydrogen (secondary N) is 1. The largest absolute Gasteiger partial charge is 0.482 e. The van der Waals surface area contributed by atoms with Gasteiger partial charge in [-0.25, -0.2) is 4.79 Å². The van der Waals surface area contributed by atoms with Gasteiger partial charge in [-0.3, -0.25) is 0 Å². The summed E-state index contributed by atoms with van der Waals surface area (Å²) in [6.07, 6.45) is 0.199. The molecule has 2 atom stereocenters. The minimum absolute atomic E-state index is 0.0907. The number of aliphatic hydroxyl groups is 1. The smallest absolute Gasteiger partial charge is 0.344 e. The summed E-state index contributed by atoms with van der Waals surface area (Å²) in [6.45, 7) is 4.53. The van der Waals surface area contributed by atoms with Gasteiger partial charge in [0.25, 0.3) is 0 Å². The zero-order chi connectivity index (χ0) is 19.6. The number of rotatable bonds is 10. The molecule has 0 aliphatic carbocycles. The average Bonchev–Trinajstić information content (AvgIpc) is 2.66. The fourth-order valence-corrected chi connectivity index (χ4v) is 2.84. The molecule has 0 radical (unpaired) electrons. The van der Waals surface area contributed by atoms with E-state index in [1.54, 1.807) is 19.1 Å². The van der Waals surface area contributed by atoms with E-state index in [2.05, 4.69) is 12.2 Å². The van der Waals surface area contributed by atoms with E-state index in [-0.39, 0.29) is 18.6 Å². The summed E-state index contributed by atoms with van der Waals surface area (Å²) in [5.74, 6) is 0.251. The highest BCUT2D eigenvalue weighted by atomic mass is 35.5. The first-order valence-electron chi connectivity index (χ1n) is 9.02. The van der Waals surface area contributed by atoms with Gasteiger partial charge >= 0.3 is 5.97 Å². The van der Waals surface area contributed by atoms with Crippen LogP contribution >= 0.6 is 11.6 Å². The van der Waals surface area contributed by atoms with Crippen molar-refractivity contribution in [3.8, 4) is 5.75 Å². The molecule has 0 spiro atoms. The molecule has 146 valence electrons. The third-order valence-corrected chi connectivity index (χ3v) is 4.26. The fourth-order valence-electron chi connectivity index (χ4n) is 2.64. The second-order valence-corrected chi connectivity index (χ2v) is 6.76. The molecule has 0 bridgehead atoms. The highest BCUT2D eigenvalue weighted by Crippen LogP contribution is 2.18. The van der Waals surface area contributed by atoms with Gasteiger partial charge in [0.05, 0.1) is 12.7 Å². The quantitative estimate of drug-likeness (QED) is 0.606. The number of ether oxygens (including phenoxy) is 2. The predicted octanol–water partition coefficient (Wildman–Crippen LogP) is 3.54. The Kier molecular flexibility index (Phi) is 8.58. The maximum Gasteiger partial charge on any atom is 0.344 e. The zero-order valence-electron chi connectivity index (χ0n) is 15.7. The van der Waals surface area contributed by atoms with Crippen LogP contribution in [0.2, 0.25) is 5.02 Å². The number of carbonyl (C=O) groups excluding carboxylic acids is 1. The van der Waals surface area contributed by atoms with E-state index in [9.17, 15) is 9.90 Å². The monoisotopic (exact) mass is 391 g/mol. The van der Waals surface area contributed by atoms with Crippen LogP contribution in [0.15, 0.2) is 48.5 Å². The number of aliphatic hydroxyl groups excluding tert-OH is 1. The van der Waals surface area contributed by atoms with Crippen LogP contribution in [0.3, 0.4) is 0 Å². The van der Waals surface area contributed by atoms with E-state index in [4.69, 9.17) is 21.1 Å². The third kappa shape index (κ3) is 7.59. The van der Waals surface area contributed by atoms with Gasteiger partial charge < -0.3 is 19.9 Å². The lowest BCUT2D eigenvalue weighted by atomic mass is 10.1. The molecule has 0 aliphatic heterocycles. The van der Waals surface area contributed by atoms with E-state index >= 15 is 0 Å². The number of benzene rings is 2. The van der Waals surface area contributed by atoms with E-state index in [1.165, 1.54) is 0 Å². The molecule has 2 rings (SSSR count). The Morgan fingerprint density at radius 3 is 2.63 bits per heavy atom. The van der Waals surface area contributed by atoms with Crippen LogP contribution in [0.5, 0.6) is 5.75 Å². The summed E-state index contributed by atoms with van der Waals surface area (Å²) >= 11 is 5.96. The minimum atomic E-state index is -0.607. The van der Waals surface area contributed by atoms with Crippen molar-refractivity contribution in [2.24, 2.45) is 0 Å². The molecule has 2 aromatic rings. The van der Waals surface area contributed by atoms with Crippen LogP contribution < -0.4 is 10.1 Å². The minimum Gasteiger partial charge on any atom is -0.482 e. The van der Waals surface area contributed by atoms with Gasteiger partial charge in [0.1, 0.15) is 5.75 Å². The first kappa shape index (κ1) is 21.2. The number of halogens is 1. The second kappa shape index (κ2) is 10.9. The molecule has 27 heavy (non-hydrogen) atoms. The van der Waals surface area contributed by atoms with E-state index in [0.29, 0.717) is 23.9 Å². The first-order valence-corrected chi connectivity index (χ1v) is 9.40. The molecule has 0 amide bonds. The van der Waals surface area contributed by atoms with Gasteiger partial charge in [0, 0.05) is 17.6 Å². The summed E-state index contributed by atoms with van der Waals surface area (Å²) in [7, 11) is 0. The van der Waals surface area contributed by atoms with Crippen molar-refractivity contribution in [3.05, 3.63) is 64.7 Å². The van der Waals surface area contributed by atoms with Gasteiger partial charge in [-0.1, -0.05) is 35.9 Å². The van der Waals surface area contributed by atoms with Crippen LogP contribution in [-0.4, -0.2) is 36.9 Å². The van der Waals surface area contributed by atoms with Crippen molar-refractivity contribution < 1.29 is 19.4 Å². The number of hydrogen-bond acceptors (Lipinski definition) is 5. The van der Waals surface area contributed by atoms with Crippen molar-refractivity contribution in [1.29, 1.82) is 0 Å². The Labute approximate surface area is 165 Å². The molecule has 2 N–H and O–H groups in total. The maximum absolute atomic E-state index is 11.3. The third-order valence-electron chi connectivity index (χ3n) is 4.02. The van der Waals surface area contributed by atoms with Gasteiger partial charge in [-0.15, -0.1) is 0 Å². The molecular formula is C21H26ClNO4. The van der Waals surface area contributed by atoms with Crippen LogP contribution in [0, 0.1) is 0 Å². The Morgan fingerprint density at radius 1 is 1.22 bits per heavy atom. The standard InChI is InChI=1S/C21H26ClNO4/c1-3-26-21(25)14-27-19-9-7-16(8-10-19)11-15(2)23-13-20(24)17-5-4-6-18(22)12-17/h4-10,12,15,20,23-24H,3,11,13-14H2,1-2H3/t15-,20+/m1/s1. The number of carbonyl (C=O) groups is 1. The SMILES string of the molecule is CCOC(=O)COc1ccc(C[C@@H](C)NC[C@H](O)c2cccc(Cl)c2)cc1. The van der Waals surface area contributed by atoms with E-state index in [1.807, 2.05) is 36.4 Å². The lowest BCUT2D eigenvalue weighted by Crippen LogP contribution is -2.32. The van der Waals surface area contributed by atoms with Crippen molar-refractivity contribution in [2.45, 2.75) is 32.4 Å². The molecule has 0 fully saturated rings. The summed E-state index contributed by atoms with van der Waals surface area (Å²) < 4.78 is 10.2. The van der Waals surface area contributed by atoms with Crippen molar-refractivity contribution in [3.63, 3.8) is 0 Å². The lowest BCUT2D eigenvalue weighted by Gasteiger charge is -2.18. The van der Waals surface area contributed by atoms with Crippen molar-refractivity contribution in [2.75, 3.05) is 19.8 Å². The van der Waals surface area contributed by atoms with Crippen LogP contribution in [0.25, 0.3) is 0 Å². The zero-order valence-corrected chi connectivity index (χ0v) is 16.4. The molecule has 0 saturated carbocycles. The second-order valence-electron chi connectivity index (χ2n) is 6.32. The molecule has 0 unspecified atom stereocenters. The molecular weight excluding hydrogens is 366 g/mol. The van der Waals surface area contributed by atoms with E-state index in [0.717, 1.165) is 17.5 Å². The Morgan fingerprint density at radius 2 is 1.96 bits per heavy atom. The average molecular weight is 392 g/mol. The van der Waals surface area contributed by atoms with Gasteiger partial charge in [-0.2, -0.15) is 0 Å². The van der Waals surface area contributed by atoms with Gasteiger partial charge in [0.2, 0.25) is 0 Å². The molecule has 0 aliphatic rings. The lowest BCUT2D eigenvalue weighted by molar-refractivity contribution is -0.145. The molecule has 0 aromatic heterocycles. The molecule has 6 heteroatoms. The number of hydrogen-bond donors (Lipinski definition) is 2. The topological polar surface area (TPSA) is 67.8 Å². The van der Waals surface area contributed by atoms with Crippen LogP contribution in [0.4, 0.5) is 0 Å². The van der Waals surface area contributed by atoms with Crippen molar-refractivity contribution >= 4 is 17.6 Å². The maximum atomic E-state index is 11.3. The van der Waals surface area contributed by atoms with Crippen LogP contribution in [0.1, 0.15) is 31.1 Å². The van der Waals surface area contributed by atoms with Gasteiger partial charge in [0.15, 0.2) is 6.61 Å². The summed E-state index contributed by atoms with van der Waals surface area (Å²) in [5, 5.41) is 14.2. The fraction of sp³-hybridized carbons (Fsp3) is 0.381. The molecule has 0 saturated heterocycles. The predicted molar refractivity (Wildman–Crippen MR) is 106 cm³/mol. The van der Waals surface area contributed by atoms with Crippen molar-refractivity contribution in [1.82, 2.24) is 5.32 Å². The summed E-state index contributed by atoms with van der Waals surface area (Å²) in [4.78, 5) is 11.3. The molecule has 5 nitrogen and oxygen atoms in total.